The lowest BCUT2D eigenvalue weighted by Crippen LogP contribution is -2.45. The molecule has 114 valence electrons. The van der Waals surface area contributed by atoms with E-state index in [0.29, 0.717) is 12.8 Å². The Balaban J connectivity index is 1.85. The second kappa shape index (κ2) is 7.62. The Hall–Kier alpha value is -1.10. The van der Waals surface area contributed by atoms with Crippen molar-refractivity contribution in [1.82, 2.24) is 4.90 Å². The number of carbonyl (C=O) groups excluding carboxylic acids is 1. The molecule has 0 radical (unpaired) electrons. The summed E-state index contributed by atoms with van der Waals surface area (Å²) in [5, 5.41) is 8.81. The number of aliphatic carboxylic acids is 1. The maximum absolute atomic E-state index is 12.4. The molecular formula is C15H25NO4. The standard InChI is InChI=1S/C15H25NO4/c17-14(11-13-6-2-4-10-20-13)16-9-3-1-5-12(16)7-8-15(18)19/h12-13H,1-11H2,(H,18,19)/t12-,13+/m1/s1. The van der Waals surface area contributed by atoms with E-state index in [9.17, 15) is 9.59 Å². The largest absolute Gasteiger partial charge is 0.481 e. The average molecular weight is 283 g/mol. The highest BCUT2D eigenvalue weighted by Crippen LogP contribution is 2.24. The van der Waals surface area contributed by atoms with Crippen LogP contribution in [-0.2, 0) is 14.3 Å². The van der Waals surface area contributed by atoms with Crippen LogP contribution < -0.4 is 0 Å². The van der Waals surface area contributed by atoms with Crippen LogP contribution in [0.25, 0.3) is 0 Å². The van der Waals surface area contributed by atoms with Gasteiger partial charge in [0.15, 0.2) is 0 Å². The Kier molecular flexibility index (Phi) is 5.83. The molecule has 0 saturated carbocycles. The number of likely N-dealkylation sites (tertiary alicyclic amines) is 1. The molecule has 1 N–H and O–H groups in total. The maximum atomic E-state index is 12.4. The fraction of sp³-hybridized carbons (Fsp3) is 0.867. The van der Waals surface area contributed by atoms with E-state index in [-0.39, 0.29) is 24.5 Å². The number of amides is 1. The number of hydrogen-bond acceptors (Lipinski definition) is 3. The molecule has 2 heterocycles. The van der Waals surface area contributed by atoms with E-state index in [4.69, 9.17) is 9.84 Å². The van der Waals surface area contributed by atoms with E-state index in [1.165, 1.54) is 0 Å². The van der Waals surface area contributed by atoms with Gasteiger partial charge >= 0.3 is 5.97 Å². The van der Waals surface area contributed by atoms with Crippen molar-refractivity contribution in [2.75, 3.05) is 13.2 Å². The molecule has 1 amide bonds. The van der Waals surface area contributed by atoms with Crippen LogP contribution in [0.1, 0.15) is 57.8 Å². The first kappa shape index (κ1) is 15.3. The summed E-state index contributed by atoms with van der Waals surface area (Å²) in [5.41, 5.74) is 0. The van der Waals surface area contributed by atoms with Crippen LogP contribution in [0.5, 0.6) is 0 Å². The van der Waals surface area contributed by atoms with E-state index >= 15 is 0 Å². The van der Waals surface area contributed by atoms with E-state index < -0.39 is 5.97 Å². The molecular weight excluding hydrogens is 258 g/mol. The zero-order chi connectivity index (χ0) is 14.4. The average Bonchev–Trinajstić information content (AvgIpc) is 2.46. The predicted molar refractivity (Wildman–Crippen MR) is 74.4 cm³/mol. The van der Waals surface area contributed by atoms with Crippen LogP contribution in [0, 0.1) is 0 Å². The first-order valence-electron chi connectivity index (χ1n) is 7.79. The second-order valence-electron chi connectivity index (χ2n) is 5.86. The molecule has 2 fully saturated rings. The summed E-state index contributed by atoms with van der Waals surface area (Å²) in [5.74, 6) is -0.634. The van der Waals surface area contributed by atoms with Gasteiger partial charge in [0.1, 0.15) is 0 Å². The summed E-state index contributed by atoms with van der Waals surface area (Å²) in [7, 11) is 0. The van der Waals surface area contributed by atoms with Gasteiger partial charge in [-0.1, -0.05) is 0 Å². The molecule has 2 aliphatic rings. The van der Waals surface area contributed by atoms with Crippen molar-refractivity contribution in [1.29, 1.82) is 0 Å². The van der Waals surface area contributed by atoms with Crippen molar-refractivity contribution < 1.29 is 19.4 Å². The summed E-state index contributed by atoms with van der Waals surface area (Å²) in [6.45, 7) is 1.54. The molecule has 2 rings (SSSR count). The molecule has 0 aromatic heterocycles. The quantitative estimate of drug-likeness (QED) is 0.840. The van der Waals surface area contributed by atoms with Gasteiger partial charge in [-0.2, -0.15) is 0 Å². The number of rotatable bonds is 5. The summed E-state index contributed by atoms with van der Waals surface area (Å²) >= 11 is 0. The van der Waals surface area contributed by atoms with Gasteiger partial charge in [-0.15, -0.1) is 0 Å². The number of carboxylic acids is 1. The Morgan fingerprint density at radius 1 is 1.15 bits per heavy atom. The van der Waals surface area contributed by atoms with Gasteiger partial charge in [0.25, 0.3) is 0 Å². The van der Waals surface area contributed by atoms with E-state index in [1.807, 2.05) is 4.90 Å². The smallest absolute Gasteiger partial charge is 0.303 e. The van der Waals surface area contributed by atoms with Gasteiger partial charge < -0.3 is 14.7 Å². The normalized spacial score (nSPS) is 27.3. The summed E-state index contributed by atoms with van der Waals surface area (Å²) in [4.78, 5) is 25.0. The zero-order valence-electron chi connectivity index (χ0n) is 12.1. The van der Waals surface area contributed by atoms with Crippen molar-refractivity contribution in [2.24, 2.45) is 0 Å². The highest BCUT2D eigenvalue weighted by Gasteiger charge is 2.29. The van der Waals surface area contributed by atoms with Crippen LogP contribution in [0.3, 0.4) is 0 Å². The van der Waals surface area contributed by atoms with Crippen LogP contribution in [0.4, 0.5) is 0 Å². The first-order valence-corrected chi connectivity index (χ1v) is 7.79. The molecule has 0 aromatic rings. The SMILES string of the molecule is O=C(O)CC[C@H]1CCCCN1C(=O)C[C@@H]1CCCCO1. The Bertz CT molecular complexity index is 339. The lowest BCUT2D eigenvalue weighted by Gasteiger charge is -2.37. The Morgan fingerprint density at radius 2 is 1.95 bits per heavy atom. The van der Waals surface area contributed by atoms with Crippen molar-refractivity contribution in [3.05, 3.63) is 0 Å². The molecule has 2 atom stereocenters. The third kappa shape index (κ3) is 4.47. The molecule has 5 nitrogen and oxygen atoms in total. The van der Waals surface area contributed by atoms with Gasteiger partial charge in [-0.25, -0.2) is 0 Å². The number of carboxylic acid groups (broad SMARTS) is 1. The van der Waals surface area contributed by atoms with Gasteiger partial charge in [0.05, 0.1) is 12.5 Å². The van der Waals surface area contributed by atoms with Gasteiger partial charge in [0, 0.05) is 25.6 Å². The highest BCUT2D eigenvalue weighted by atomic mass is 16.5. The Labute approximate surface area is 120 Å². The number of carbonyl (C=O) groups is 2. The molecule has 2 saturated heterocycles. The van der Waals surface area contributed by atoms with Crippen LogP contribution in [0.2, 0.25) is 0 Å². The Morgan fingerprint density at radius 3 is 2.65 bits per heavy atom. The van der Waals surface area contributed by atoms with E-state index in [1.54, 1.807) is 0 Å². The fourth-order valence-corrected chi connectivity index (χ4v) is 3.20. The zero-order valence-corrected chi connectivity index (χ0v) is 12.1. The minimum atomic E-state index is -0.779. The lowest BCUT2D eigenvalue weighted by molar-refractivity contribution is -0.142. The third-order valence-electron chi connectivity index (χ3n) is 4.32. The van der Waals surface area contributed by atoms with Crippen molar-refractivity contribution in [3.63, 3.8) is 0 Å². The topological polar surface area (TPSA) is 66.8 Å². The summed E-state index contributed by atoms with van der Waals surface area (Å²) in [6.07, 6.45) is 7.51. The first-order chi connectivity index (χ1) is 9.66. The van der Waals surface area contributed by atoms with Crippen LogP contribution in [-0.4, -0.2) is 47.2 Å². The van der Waals surface area contributed by atoms with E-state index in [0.717, 1.165) is 51.7 Å². The number of hydrogen-bond donors (Lipinski definition) is 1. The third-order valence-corrected chi connectivity index (χ3v) is 4.32. The van der Waals surface area contributed by atoms with Crippen molar-refractivity contribution >= 4 is 11.9 Å². The molecule has 0 unspecified atom stereocenters. The van der Waals surface area contributed by atoms with Crippen molar-refractivity contribution in [3.8, 4) is 0 Å². The minimum Gasteiger partial charge on any atom is -0.481 e. The maximum Gasteiger partial charge on any atom is 0.303 e. The minimum absolute atomic E-state index is 0.0679. The molecule has 2 aliphatic heterocycles. The lowest BCUT2D eigenvalue weighted by atomic mass is 9.96. The van der Waals surface area contributed by atoms with Gasteiger partial charge in [0.2, 0.25) is 5.91 Å². The number of piperidine rings is 1. The molecule has 0 bridgehead atoms. The van der Waals surface area contributed by atoms with Crippen LogP contribution >= 0.6 is 0 Å². The van der Waals surface area contributed by atoms with Crippen molar-refractivity contribution in [2.45, 2.75) is 69.9 Å². The molecule has 20 heavy (non-hydrogen) atoms. The molecule has 5 heteroatoms. The second-order valence-corrected chi connectivity index (χ2v) is 5.86. The predicted octanol–water partition coefficient (Wildman–Crippen LogP) is 2.19. The van der Waals surface area contributed by atoms with E-state index in [2.05, 4.69) is 0 Å². The van der Waals surface area contributed by atoms with Crippen LogP contribution in [0.15, 0.2) is 0 Å². The summed E-state index contributed by atoms with van der Waals surface area (Å²) in [6, 6.07) is 0.107. The van der Waals surface area contributed by atoms with Gasteiger partial charge in [-0.3, -0.25) is 9.59 Å². The fourth-order valence-electron chi connectivity index (χ4n) is 3.20. The molecule has 0 aliphatic carbocycles. The molecule has 0 aromatic carbocycles. The number of nitrogens with zero attached hydrogens (tertiary/aromatic N) is 1. The molecule has 0 spiro atoms. The number of ether oxygens (including phenoxy) is 1. The summed E-state index contributed by atoms with van der Waals surface area (Å²) < 4.78 is 5.63. The highest BCUT2D eigenvalue weighted by molar-refractivity contribution is 5.77. The monoisotopic (exact) mass is 283 g/mol. The van der Waals surface area contributed by atoms with Gasteiger partial charge in [-0.05, 0) is 44.9 Å².